The van der Waals surface area contributed by atoms with Crippen LogP contribution < -0.4 is 10.1 Å². The summed E-state index contributed by atoms with van der Waals surface area (Å²) < 4.78 is 5.40. The molecule has 2 atom stereocenters. The SMILES string of the molecule is CCOc1ccnc(NC2CCCCCC2C)n1. The van der Waals surface area contributed by atoms with Gasteiger partial charge in [0.25, 0.3) is 0 Å². The summed E-state index contributed by atoms with van der Waals surface area (Å²) in [5, 5.41) is 3.47. The van der Waals surface area contributed by atoms with Crippen LogP contribution in [0.4, 0.5) is 5.95 Å². The fourth-order valence-electron chi connectivity index (χ4n) is 2.51. The summed E-state index contributed by atoms with van der Waals surface area (Å²) in [6, 6.07) is 2.29. The molecule has 0 aromatic carbocycles. The average molecular weight is 249 g/mol. The van der Waals surface area contributed by atoms with Gasteiger partial charge in [0.05, 0.1) is 6.61 Å². The van der Waals surface area contributed by atoms with Crippen molar-refractivity contribution in [1.82, 2.24) is 9.97 Å². The molecule has 4 heteroatoms. The lowest BCUT2D eigenvalue weighted by Gasteiger charge is -2.22. The number of ether oxygens (including phenoxy) is 1. The van der Waals surface area contributed by atoms with Crippen LogP contribution >= 0.6 is 0 Å². The fourth-order valence-corrected chi connectivity index (χ4v) is 2.51. The number of aromatic nitrogens is 2. The second-order valence-electron chi connectivity index (χ2n) is 5.02. The van der Waals surface area contributed by atoms with Gasteiger partial charge in [-0.25, -0.2) is 4.98 Å². The first-order chi connectivity index (χ1) is 8.79. The third-order valence-corrected chi connectivity index (χ3v) is 3.60. The standard InChI is InChI=1S/C14H23N3O/c1-3-18-13-9-10-15-14(17-13)16-12-8-6-4-5-7-11(12)2/h9-12H,3-8H2,1-2H3,(H,15,16,17). The molecule has 2 unspecified atom stereocenters. The minimum atomic E-state index is 0.490. The van der Waals surface area contributed by atoms with Gasteiger partial charge >= 0.3 is 0 Å². The lowest BCUT2D eigenvalue weighted by molar-refractivity contribution is 0.326. The van der Waals surface area contributed by atoms with Crippen molar-refractivity contribution in [2.24, 2.45) is 5.92 Å². The monoisotopic (exact) mass is 249 g/mol. The van der Waals surface area contributed by atoms with Gasteiger partial charge in [0.2, 0.25) is 11.8 Å². The molecule has 1 heterocycles. The molecule has 0 aliphatic heterocycles. The highest BCUT2D eigenvalue weighted by Gasteiger charge is 2.20. The topological polar surface area (TPSA) is 47.0 Å². The van der Waals surface area contributed by atoms with Crippen LogP contribution in [0.15, 0.2) is 12.3 Å². The Morgan fingerprint density at radius 3 is 3.00 bits per heavy atom. The Bertz CT molecular complexity index is 370. The highest BCUT2D eigenvalue weighted by atomic mass is 16.5. The molecule has 1 aliphatic carbocycles. The van der Waals surface area contributed by atoms with Gasteiger partial charge in [0.1, 0.15) is 0 Å². The molecule has 1 aromatic rings. The van der Waals surface area contributed by atoms with Crippen molar-refractivity contribution in [2.45, 2.75) is 52.0 Å². The highest BCUT2D eigenvalue weighted by Crippen LogP contribution is 2.25. The molecule has 100 valence electrons. The molecule has 2 rings (SSSR count). The second kappa shape index (κ2) is 6.57. The highest BCUT2D eigenvalue weighted by molar-refractivity contribution is 5.29. The predicted octanol–water partition coefficient (Wildman–Crippen LogP) is 3.26. The Kier molecular flexibility index (Phi) is 4.79. The van der Waals surface area contributed by atoms with E-state index in [1.165, 1.54) is 32.1 Å². The molecular formula is C14H23N3O. The molecule has 1 fully saturated rings. The maximum atomic E-state index is 5.40. The Morgan fingerprint density at radius 1 is 1.33 bits per heavy atom. The Morgan fingerprint density at radius 2 is 2.17 bits per heavy atom. The van der Waals surface area contributed by atoms with Crippen LogP contribution in [0.1, 0.15) is 46.0 Å². The Hall–Kier alpha value is -1.32. The van der Waals surface area contributed by atoms with Crippen LogP contribution in [-0.4, -0.2) is 22.6 Å². The van der Waals surface area contributed by atoms with Crippen LogP contribution in [0.5, 0.6) is 5.88 Å². The third-order valence-electron chi connectivity index (χ3n) is 3.60. The Balaban J connectivity index is 2.00. The van der Waals surface area contributed by atoms with Crippen molar-refractivity contribution < 1.29 is 4.74 Å². The van der Waals surface area contributed by atoms with E-state index in [4.69, 9.17) is 4.74 Å². The van der Waals surface area contributed by atoms with Gasteiger partial charge in [-0.05, 0) is 25.7 Å². The Labute approximate surface area is 109 Å². The fraction of sp³-hybridized carbons (Fsp3) is 0.714. The van der Waals surface area contributed by atoms with E-state index in [1.807, 2.05) is 6.92 Å². The zero-order valence-electron chi connectivity index (χ0n) is 11.4. The molecule has 0 saturated heterocycles. The minimum Gasteiger partial charge on any atom is -0.478 e. The molecule has 0 amide bonds. The van der Waals surface area contributed by atoms with E-state index in [-0.39, 0.29) is 0 Å². The van der Waals surface area contributed by atoms with Gasteiger partial charge in [-0.3, -0.25) is 0 Å². The third kappa shape index (κ3) is 3.59. The molecule has 0 radical (unpaired) electrons. The number of nitrogens with one attached hydrogen (secondary N) is 1. The summed E-state index contributed by atoms with van der Waals surface area (Å²) in [5.41, 5.74) is 0. The molecule has 1 aliphatic rings. The molecular weight excluding hydrogens is 226 g/mol. The average Bonchev–Trinajstić information content (AvgIpc) is 2.56. The van der Waals surface area contributed by atoms with Gasteiger partial charge in [0.15, 0.2) is 0 Å². The first-order valence-corrected chi connectivity index (χ1v) is 7.02. The zero-order chi connectivity index (χ0) is 12.8. The number of anilines is 1. The van der Waals surface area contributed by atoms with E-state index in [2.05, 4.69) is 22.2 Å². The molecule has 1 aromatic heterocycles. The quantitative estimate of drug-likeness (QED) is 0.832. The van der Waals surface area contributed by atoms with Gasteiger partial charge < -0.3 is 10.1 Å². The van der Waals surface area contributed by atoms with Gasteiger partial charge in [-0.2, -0.15) is 4.98 Å². The lowest BCUT2D eigenvalue weighted by atomic mass is 9.97. The summed E-state index contributed by atoms with van der Waals surface area (Å²) in [5.74, 6) is 2.03. The van der Waals surface area contributed by atoms with Gasteiger partial charge in [-0.15, -0.1) is 0 Å². The van der Waals surface area contributed by atoms with E-state index in [0.29, 0.717) is 30.4 Å². The van der Waals surface area contributed by atoms with Gasteiger partial charge in [0, 0.05) is 18.3 Å². The molecule has 1 saturated carbocycles. The summed E-state index contributed by atoms with van der Waals surface area (Å²) in [6.07, 6.45) is 8.25. The summed E-state index contributed by atoms with van der Waals surface area (Å²) in [6.45, 7) is 4.91. The van der Waals surface area contributed by atoms with Crippen molar-refractivity contribution in [3.05, 3.63) is 12.3 Å². The first kappa shape index (κ1) is 13.1. The van der Waals surface area contributed by atoms with E-state index in [9.17, 15) is 0 Å². The molecule has 0 bridgehead atoms. The number of rotatable bonds is 4. The van der Waals surface area contributed by atoms with Crippen LogP contribution in [0.3, 0.4) is 0 Å². The maximum absolute atomic E-state index is 5.40. The molecule has 4 nitrogen and oxygen atoms in total. The second-order valence-corrected chi connectivity index (χ2v) is 5.02. The summed E-state index contributed by atoms with van der Waals surface area (Å²) >= 11 is 0. The maximum Gasteiger partial charge on any atom is 0.226 e. The van der Waals surface area contributed by atoms with Crippen LogP contribution in [-0.2, 0) is 0 Å². The summed E-state index contributed by atoms with van der Waals surface area (Å²) in [4.78, 5) is 8.66. The van der Waals surface area contributed by atoms with Crippen molar-refractivity contribution in [1.29, 1.82) is 0 Å². The first-order valence-electron chi connectivity index (χ1n) is 7.02. The van der Waals surface area contributed by atoms with E-state index in [1.54, 1.807) is 12.3 Å². The van der Waals surface area contributed by atoms with Crippen molar-refractivity contribution in [3.63, 3.8) is 0 Å². The molecule has 1 N–H and O–H groups in total. The molecule has 18 heavy (non-hydrogen) atoms. The van der Waals surface area contributed by atoms with E-state index in [0.717, 1.165) is 0 Å². The number of hydrogen-bond acceptors (Lipinski definition) is 4. The van der Waals surface area contributed by atoms with Crippen molar-refractivity contribution >= 4 is 5.95 Å². The van der Waals surface area contributed by atoms with Gasteiger partial charge in [-0.1, -0.05) is 26.2 Å². The number of hydrogen-bond donors (Lipinski definition) is 1. The lowest BCUT2D eigenvalue weighted by Crippen LogP contribution is -2.27. The van der Waals surface area contributed by atoms with Crippen LogP contribution in [0, 0.1) is 5.92 Å². The predicted molar refractivity (Wildman–Crippen MR) is 72.9 cm³/mol. The van der Waals surface area contributed by atoms with E-state index < -0.39 is 0 Å². The summed E-state index contributed by atoms with van der Waals surface area (Å²) in [7, 11) is 0. The zero-order valence-corrected chi connectivity index (χ0v) is 11.4. The normalized spacial score (nSPS) is 24.3. The largest absolute Gasteiger partial charge is 0.478 e. The number of nitrogens with zero attached hydrogens (tertiary/aromatic N) is 2. The van der Waals surface area contributed by atoms with Crippen molar-refractivity contribution in [2.75, 3.05) is 11.9 Å². The minimum absolute atomic E-state index is 0.490. The van der Waals surface area contributed by atoms with Crippen LogP contribution in [0.25, 0.3) is 0 Å². The van der Waals surface area contributed by atoms with Crippen LogP contribution in [0.2, 0.25) is 0 Å². The smallest absolute Gasteiger partial charge is 0.226 e. The molecule has 0 spiro atoms. The van der Waals surface area contributed by atoms with Crippen molar-refractivity contribution in [3.8, 4) is 5.88 Å². The van der Waals surface area contributed by atoms with E-state index >= 15 is 0 Å².